The van der Waals surface area contributed by atoms with Crippen molar-refractivity contribution in [3.63, 3.8) is 0 Å². The number of nitrogens with one attached hydrogen (secondary N) is 2. The normalized spacial score (nSPS) is 9.82. The van der Waals surface area contributed by atoms with E-state index in [1.54, 1.807) is 49.7 Å². The van der Waals surface area contributed by atoms with Crippen molar-refractivity contribution in [3.8, 4) is 6.07 Å². The topological polar surface area (TPSA) is 87.0 Å². The van der Waals surface area contributed by atoms with Gasteiger partial charge in [-0.3, -0.25) is 4.79 Å². The van der Waals surface area contributed by atoms with Crippen LogP contribution in [0.4, 0.5) is 11.4 Å². The SMILES string of the molecule is COCCNc1ccc(C(=O)Nc2ccc(C#N)cc2)nc1. The van der Waals surface area contributed by atoms with Gasteiger partial charge < -0.3 is 15.4 Å². The van der Waals surface area contributed by atoms with Crippen molar-refractivity contribution in [1.29, 1.82) is 5.26 Å². The Hall–Kier alpha value is -2.91. The number of nitrogens with zero attached hydrogens (tertiary/aromatic N) is 2. The van der Waals surface area contributed by atoms with Gasteiger partial charge in [0.15, 0.2) is 0 Å². The molecule has 6 nitrogen and oxygen atoms in total. The summed E-state index contributed by atoms with van der Waals surface area (Å²) >= 11 is 0. The molecule has 0 radical (unpaired) electrons. The Balaban J connectivity index is 1.95. The molecule has 1 aromatic heterocycles. The minimum Gasteiger partial charge on any atom is -0.383 e. The highest BCUT2D eigenvalue weighted by Gasteiger charge is 2.07. The van der Waals surface area contributed by atoms with E-state index in [0.29, 0.717) is 30.1 Å². The van der Waals surface area contributed by atoms with E-state index in [1.807, 2.05) is 6.07 Å². The number of ether oxygens (including phenoxy) is 1. The number of benzene rings is 1. The molecule has 2 N–H and O–H groups in total. The van der Waals surface area contributed by atoms with Crippen molar-refractivity contribution < 1.29 is 9.53 Å². The third kappa shape index (κ3) is 4.30. The highest BCUT2D eigenvalue weighted by Crippen LogP contribution is 2.11. The van der Waals surface area contributed by atoms with E-state index in [9.17, 15) is 4.79 Å². The van der Waals surface area contributed by atoms with Gasteiger partial charge in [-0.2, -0.15) is 5.26 Å². The van der Waals surface area contributed by atoms with Crippen LogP contribution < -0.4 is 10.6 Å². The highest BCUT2D eigenvalue weighted by molar-refractivity contribution is 6.02. The van der Waals surface area contributed by atoms with Crippen molar-refractivity contribution in [3.05, 3.63) is 53.9 Å². The molecule has 0 bridgehead atoms. The van der Waals surface area contributed by atoms with Crippen LogP contribution in [0.2, 0.25) is 0 Å². The second-order valence-corrected chi connectivity index (χ2v) is 4.49. The molecular formula is C16H16N4O2. The van der Waals surface area contributed by atoms with Crippen LogP contribution >= 0.6 is 0 Å². The average Bonchev–Trinajstić information content (AvgIpc) is 2.56. The minimum absolute atomic E-state index is 0.298. The molecule has 0 aliphatic carbocycles. The quantitative estimate of drug-likeness (QED) is 0.798. The fourth-order valence-electron chi connectivity index (χ4n) is 1.75. The standard InChI is InChI=1S/C16H16N4O2/c1-22-9-8-18-14-6-7-15(19-11-14)16(21)20-13-4-2-12(10-17)3-5-13/h2-7,11,18H,8-9H2,1H3,(H,20,21). The lowest BCUT2D eigenvalue weighted by molar-refractivity contribution is 0.102. The molecule has 6 heteroatoms. The molecule has 0 aliphatic heterocycles. The number of methoxy groups -OCH3 is 1. The number of carbonyl (C=O) groups excluding carboxylic acids is 1. The molecule has 1 aromatic carbocycles. The Kier molecular flexibility index (Phi) is 5.46. The number of hydrogen-bond acceptors (Lipinski definition) is 5. The summed E-state index contributed by atoms with van der Waals surface area (Å²) in [5.41, 5.74) is 2.31. The Labute approximate surface area is 128 Å². The van der Waals surface area contributed by atoms with Gasteiger partial charge >= 0.3 is 0 Å². The van der Waals surface area contributed by atoms with E-state index >= 15 is 0 Å². The number of pyridine rings is 1. The molecule has 1 heterocycles. The number of hydrogen-bond donors (Lipinski definition) is 2. The molecule has 0 atom stereocenters. The second kappa shape index (κ2) is 7.76. The van der Waals surface area contributed by atoms with Crippen LogP contribution in [-0.2, 0) is 4.74 Å². The zero-order valence-electron chi connectivity index (χ0n) is 12.2. The first kappa shape index (κ1) is 15.5. The van der Waals surface area contributed by atoms with Gasteiger partial charge in [-0.1, -0.05) is 0 Å². The Morgan fingerprint density at radius 1 is 1.23 bits per heavy atom. The first-order valence-corrected chi connectivity index (χ1v) is 6.73. The van der Waals surface area contributed by atoms with Crippen LogP contribution in [0.25, 0.3) is 0 Å². The van der Waals surface area contributed by atoms with Crippen LogP contribution in [0.5, 0.6) is 0 Å². The zero-order valence-corrected chi connectivity index (χ0v) is 12.2. The summed E-state index contributed by atoms with van der Waals surface area (Å²) in [6.07, 6.45) is 1.60. The lowest BCUT2D eigenvalue weighted by Gasteiger charge is -2.07. The smallest absolute Gasteiger partial charge is 0.274 e. The van der Waals surface area contributed by atoms with Crippen molar-refractivity contribution in [1.82, 2.24) is 4.98 Å². The molecular weight excluding hydrogens is 280 g/mol. The van der Waals surface area contributed by atoms with E-state index in [4.69, 9.17) is 10.00 Å². The molecule has 2 aromatic rings. The van der Waals surface area contributed by atoms with Gasteiger partial charge in [0.25, 0.3) is 5.91 Å². The molecule has 22 heavy (non-hydrogen) atoms. The summed E-state index contributed by atoms with van der Waals surface area (Å²) in [5, 5.41) is 14.6. The number of aromatic nitrogens is 1. The summed E-state index contributed by atoms with van der Waals surface area (Å²) in [7, 11) is 1.64. The maximum Gasteiger partial charge on any atom is 0.274 e. The third-order valence-corrected chi connectivity index (χ3v) is 2.90. The molecule has 0 aliphatic rings. The molecule has 0 saturated carbocycles. The zero-order chi connectivity index (χ0) is 15.8. The fourth-order valence-corrected chi connectivity index (χ4v) is 1.75. The minimum atomic E-state index is -0.298. The van der Waals surface area contributed by atoms with Gasteiger partial charge in [-0.05, 0) is 36.4 Å². The first-order chi connectivity index (χ1) is 10.7. The van der Waals surface area contributed by atoms with E-state index in [1.165, 1.54) is 0 Å². The Bertz CT molecular complexity index is 660. The van der Waals surface area contributed by atoms with Crippen molar-refractivity contribution in [2.75, 3.05) is 30.9 Å². The molecule has 0 saturated heterocycles. The van der Waals surface area contributed by atoms with Gasteiger partial charge in [-0.25, -0.2) is 4.98 Å². The average molecular weight is 296 g/mol. The summed E-state index contributed by atoms with van der Waals surface area (Å²) in [4.78, 5) is 16.2. The Morgan fingerprint density at radius 3 is 2.55 bits per heavy atom. The van der Waals surface area contributed by atoms with Crippen LogP contribution in [0.15, 0.2) is 42.6 Å². The number of anilines is 2. The maximum atomic E-state index is 12.1. The lowest BCUT2D eigenvalue weighted by Crippen LogP contribution is -2.14. The number of rotatable bonds is 6. The van der Waals surface area contributed by atoms with E-state index in [2.05, 4.69) is 15.6 Å². The van der Waals surface area contributed by atoms with Gasteiger partial charge in [0.05, 0.1) is 30.1 Å². The largest absolute Gasteiger partial charge is 0.383 e. The predicted molar refractivity (Wildman–Crippen MR) is 83.7 cm³/mol. The van der Waals surface area contributed by atoms with Crippen LogP contribution in [0, 0.1) is 11.3 Å². The Morgan fingerprint density at radius 2 is 1.95 bits per heavy atom. The van der Waals surface area contributed by atoms with Gasteiger partial charge in [0.2, 0.25) is 0 Å². The van der Waals surface area contributed by atoms with Gasteiger partial charge in [0, 0.05) is 19.3 Å². The third-order valence-electron chi connectivity index (χ3n) is 2.90. The van der Waals surface area contributed by atoms with E-state index < -0.39 is 0 Å². The summed E-state index contributed by atoms with van der Waals surface area (Å²) in [6, 6.07) is 12.1. The molecule has 0 spiro atoms. The number of nitriles is 1. The highest BCUT2D eigenvalue weighted by atomic mass is 16.5. The molecule has 0 fully saturated rings. The molecule has 112 valence electrons. The van der Waals surface area contributed by atoms with Gasteiger partial charge in [-0.15, -0.1) is 0 Å². The fraction of sp³-hybridized carbons (Fsp3) is 0.188. The lowest BCUT2D eigenvalue weighted by atomic mass is 10.2. The van der Waals surface area contributed by atoms with Crippen molar-refractivity contribution in [2.45, 2.75) is 0 Å². The molecule has 0 unspecified atom stereocenters. The maximum absolute atomic E-state index is 12.1. The monoisotopic (exact) mass is 296 g/mol. The summed E-state index contributed by atoms with van der Waals surface area (Å²) in [5.74, 6) is -0.298. The van der Waals surface area contributed by atoms with Crippen LogP contribution in [0.1, 0.15) is 16.1 Å². The summed E-state index contributed by atoms with van der Waals surface area (Å²) < 4.78 is 4.94. The summed E-state index contributed by atoms with van der Waals surface area (Å²) in [6.45, 7) is 1.27. The number of amides is 1. The predicted octanol–water partition coefficient (Wildman–Crippen LogP) is 2.26. The number of carbonyl (C=O) groups is 1. The van der Waals surface area contributed by atoms with Gasteiger partial charge in [0.1, 0.15) is 5.69 Å². The van der Waals surface area contributed by atoms with Crippen molar-refractivity contribution in [2.24, 2.45) is 0 Å². The van der Waals surface area contributed by atoms with Crippen LogP contribution in [-0.4, -0.2) is 31.2 Å². The molecule has 1 amide bonds. The van der Waals surface area contributed by atoms with E-state index in [0.717, 1.165) is 5.69 Å². The second-order valence-electron chi connectivity index (χ2n) is 4.49. The van der Waals surface area contributed by atoms with E-state index in [-0.39, 0.29) is 5.91 Å². The first-order valence-electron chi connectivity index (χ1n) is 6.73. The van der Waals surface area contributed by atoms with Crippen LogP contribution in [0.3, 0.4) is 0 Å². The van der Waals surface area contributed by atoms with Crippen molar-refractivity contribution >= 4 is 17.3 Å². The molecule has 2 rings (SSSR count).